The Balaban J connectivity index is 1.48. The van der Waals surface area contributed by atoms with Crippen LogP contribution in [0, 0.1) is 0 Å². The molecule has 1 amide bonds. The van der Waals surface area contributed by atoms with Crippen molar-refractivity contribution in [3.8, 4) is 23.0 Å². The molecule has 9 heteroatoms. The molecule has 2 N–H and O–H groups in total. The molecule has 4 aromatic carbocycles. The maximum absolute atomic E-state index is 12.9. The first kappa shape index (κ1) is 24.6. The van der Waals surface area contributed by atoms with E-state index in [1.807, 2.05) is 30.3 Å². The Morgan fingerprint density at radius 2 is 1.33 bits per heavy atom. The zero-order valence-corrected chi connectivity index (χ0v) is 20.4. The molecule has 4 rings (SSSR count). The van der Waals surface area contributed by atoms with E-state index in [0.29, 0.717) is 34.2 Å². The van der Waals surface area contributed by atoms with Crippen LogP contribution in [0.3, 0.4) is 0 Å². The summed E-state index contributed by atoms with van der Waals surface area (Å²) in [5.74, 6) is 1.47. The molecule has 184 valence electrons. The van der Waals surface area contributed by atoms with Gasteiger partial charge in [0.1, 0.15) is 23.0 Å². The Morgan fingerprint density at radius 3 is 2.03 bits per heavy atom. The van der Waals surface area contributed by atoms with Gasteiger partial charge in [-0.05, 0) is 60.7 Å². The van der Waals surface area contributed by atoms with Crippen molar-refractivity contribution in [2.45, 2.75) is 4.90 Å². The van der Waals surface area contributed by atoms with Crippen molar-refractivity contribution in [3.63, 3.8) is 0 Å². The number of carbonyl (C=O) groups excluding carboxylic acids is 1. The summed E-state index contributed by atoms with van der Waals surface area (Å²) in [5.41, 5.74) is 1.02. The highest BCUT2D eigenvalue weighted by molar-refractivity contribution is 7.92. The Labute approximate surface area is 209 Å². The standard InChI is InChI=1S/C27H24N2O6S/c1-33-25-11-7-6-10-24(25)29-36(31,32)22-16-17-23(26(18-22)34-2)28-27(30)19-12-14-21(15-13-19)35-20-8-4-3-5-9-20/h3-18,29H,1-2H3,(H,28,30). The van der Waals surface area contributed by atoms with Gasteiger partial charge in [0.25, 0.3) is 15.9 Å². The summed E-state index contributed by atoms with van der Waals surface area (Å²) in [6.45, 7) is 0. The second kappa shape index (κ2) is 10.8. The van der Waals surface area contributed by atoms with Gasteiger partial charge in [-0.25, -0.2) is 8.42 Å². The van der Waals surface area contributed by atoms with Crippen molar-refractivity contribution in [1.82, 2.24) is 0 Å². The highest BCUT2D eigenvalue weighted by atomic mass is 32.2. The Hall–Kier alpha value is -4.50. The van der Waals surface area contributed by atoms with Crippen LogP contribution in [-0.4, -0.2) is 28.5 Å². The third-order valence-corrected chi connectivity index (χ3v) is 6.54. The van der Waals surface area contributed by atoms with Gasteiger partial charge in [0.05, 0.1) is 30.5 Å². The average molecular weight is 505 g/mol. The van der Waals surface area contributed by atoms with Gasteiger partial charge in [0.2, 0.25) is 0 Å². The number of amides is 1. The molecule has 0 saturated heterocycles. The van der Waals surface area contributed by atoms with Crippen molar-refractivity contribution in [2.24, 2.45) is 0 Å². The van der Waals surface area contributed by atoms with E-state index < -0.39 is 10.0 Å². The summed E-state index contributed by atoms with van der Waals surface area (Å²) < 4.78 is 44.7. The molecule has 0 aliphatic heterocycles. The van der Waals surface area contributed by atoms with E-state index in [4.69, 9.17) is 14.2 Å². The molecule has 0 atom stereocenters. The number of sulfonamides is 1. The minimum atomic E-state index is -3.94. The molecular formula is C27H24N2O6S. The van der Waals surface area contributed by atoms with Crippen LogP contribution in [0.25, 0.3) is 0 Å². The highest BCUT2D eigenvalue weighted by Crippen LogP contribution is 2.31. The molecule has 0 aliphatic carbocycles. The number of methoxy groups -OCH3 is 2. The Morgan fingerprint density at radius 1 is 0.694 bits per heavy atom. The molecular weight excluding hydrogens is 480 g/mol. The van der Waals surface area contributed by atoms with Gasteiger partial charge in [-0.15, -0.1) is 0 Å². The van der Waals surface area contributed by atoms with Gasteiger partial charge >= 0.3 is 0 Å². The van der Waals surface area contributed by atoms with E-state index in [-0.39, 0.29) is 16.6 Å². The van der Waals surface area contributed by atoms with Gasteiger partial charge in [0.15, 0.2) is 0 Å². The average Bonchev–Trinajstić information content (AvgIpc) is 2.90. The zero-order chi connectivity index (χ0) is 25.5. The Bertz CT molecular complexity index is 1460. The molecule has 0 heterocycles. The number of carbonyl (C=O) groups is 1. The summed E-state index contributed by atoms with van der Waals surface area (Å²) in [4.78, 5) is 12.8. The maximum Gasteiger partial charge on any atom is 0.262 e. The lowest BCUT2D eigenvalue weighted by atomic mass is 10.2. The molecule has 0 saturated carbocycles. The van der Waals surface area contributed by atoms with Crippen molar-refractivity contribution in [1.29, 1.82) is 0 Å². The quantitative estimate of drug-likeness (QED) is 0.310. The monoisotopic (exact) mass is 504 g/mol. The predicted molar refractivity (Wildman–Crippen MR) is 138 cm³/mol. The molecule has 36 heavy (non-hydrogen) atoms. The fraction of sp³-hybridized carbons (Fsp3) is 0.0741. The predicted octanol–water partition coefficient (Wildman–Crippen LogP) is 5.55. The number of nitrogens with one attached hydrogen (secondary N) is 2. The fourth-order valence-electron chi connectivity index (χ4n) is 3.37. The summed E-state index contributed by atoms with van der Waals surface area (Å²) >= 11 is 0. The van der Waals surface area contributed by atoms with E-state index in [0.717, 1.165) is 0 Å². The fourth-order valence-corrected chi connectivity index (χ4v) is 4.45. The van der Waals surface area contributed by atoms with Crippen LogP contribution < -0.4 is 24.2 Å². The van der Waals surface area contributed by atoms with Crippen molar-refractivity contribution in [3.05, 3.63) is 103 Å². The lowest BCUT2D eigenvalue weighted by molar-refractivity contribution is 0.102. The number of anilines is 2. The second-order valence-corrected chi connectivity index (χ2v) is 9.24. The first-order valence-corrected chi connectivity index (χ1v) is 12.4. The lowest BCUT2D eigenvalue weighted by Crippen LogP contribution is -2.15. The number of hydrogen-bond acceptors (Lipinski definition) is 6. The minimum Gasteiger partial charge on any atom is -0.495 e. The van der Waals surface area contributed by atoms with Crippen LogP contribution in [-0.2, 0) is 10.0 Å². The topological polar surface area (TPSA) is 103 Å². The van der Waals surface area contributed by atoms with Gasteiger partial charge < -0.3 is 19.5 Å². The molecule has 0 aliphatic rings. The highest BCUT2D eigenvalue weighted by Gasteiger charge is 2.19. The van der Waals surface area contributed by atoms with Gasteiger partial charge in [0, 0.05) is 11.6 Å². The number of rotatable bonds is 9. The first-order chi connectivity index (χ1) is 17.4. The summed E-state index contributed by atoms with van der Waals surface area (Å²) in [6.07, 6.45) is 0. The lowest BCUT2D eigenvalue weighted by Gasteiger charge is -2.14. The SMILES string of the molecule is COc1cc(S(=O)(=O)Nc2ccccc2OC)ccc1NC(=O)c1ccc(Oc2ccccc2)cc1. The van der Waals surface area contributed by atoms with Gasteiger partial charge in [-0.3, -0.25) is 9.52 Å². The summed E-state index contributed by atoms with van der Waals surface area (Å²) in [6, 6.07) is 26.8. The van der Waals surface area contributed by atoms with E-state index in [1.54, 1.807) is 48.5 Å². The molecule has 0 fully saturated rings. The second-order valence-electron chi connectivity index (χ2n) is 7.56. The molecule has 0 unspecified atom stereocenters. The van der Waals surface area contributed by atoms with Crippen LogP contribution in [0.4, 0.5) is 11.4 Å². The third-order valence-electron chi connectivity index (χ3n) is 5.18. The smallest absolute Gasteiger partial charge is 0.262 e. The molecule has 4 aromatic rings. The first-order valence-electron chi connectivity index (χ1n) is 10.9. The largest absolute Gasteiger partial charge is 0.495 e. The number of benzene rings is 4. The van der Waals surface area contributed by atoms with Crippen molar-refractivity contribution in [2.75, 3.05) is 24.3 Å². The minimum absolute atomic E-state index is 0.0364. The third kappa shape index (κ3) is 5.76. The van der Waals surface area contributed by atoms with Crippen molar-refractivity contribution < 1.29 is 27.4 Å². The molecule has 0 radical (unpaired) electrons. The van der Waals surface area contributed by atoms with E-state index in [2.05, 4.69) is 10.0 Å². The Kier molecular flexibility index (Phi) is 7.41. The van der Waals surface area contributed by atoms with Crippen LogP contribution in [0.15, 0.2) is 102 Å². The molecule has 0 aromatic heterocycles. The molecule has 0 bridgehead atoms. The van der Waals surface area contributed by atoms with Crippen molar-refractivity contribution >= 4 is 27.3 Å². The maximum atomic E-state index is 12.9. The number of para-hydroxylation sites is 3. The van der Waals surface area contributed by atoms with Crippen LogP contribution in [0.1, 0.15) is 10.4 Å². The number of ether oxygens (including phenoxy) is 3. The van der Waals surface area contributed by atoms with E-state index >= 15 is 0 Å². The molecule has 0 spiro atoms. The van der Waals surface area contributed by atoms with E-state index in [1.165, 1.54) is 32.4 Å². The molecule has 8 nitrogen and oxygen atoms in total. The van der Waals surface area contributed by atoms with Crippen LogP contribution in [0.2, 0.25) is 0 Å². The summed E-state index contributed by atoms with van der Waals surface area (Å²) in [5, 5.41) is 2.75. The van der Waals surface area contributed by atoms with Gasteiger partial charge in [-0.1, -0.05) is 30.3 Å². The summed E-state index contributed by atoms with van der Waals surface area (Å²) in [7, 11) is -1.09. The number of hydrogen-bond donors (Lipinski definition) is 2. The van der Waals surface area contributed by atoms with Crippen LogP contribution in [0.5, 0.6) is 23.0 Å². The zero-order valence-electron chi connectivity index (χ0n) is 19.6. The van der Waals surface area contributed by atoms with Gasteiger partial charge in [-0.2, -0.15) is 0 Å². The van der Waals surface area contributed by atoms with Crippen LogP contribution >= 0.6 is 0 Å². The van der Waals surface area contributed by atoms with E-state index in [9.17, 15) is 13.2 Å². The normalized spacial score (nSPS) is 10.8.